The summed E-state index contributed by atoms with van der Waals surface area (Å²) in [4.78, 5) is 11.7. The number of carboxylic acids is 1. The maximum atomic E-state index is 11.7. The van der Waals surface area contributed by atoms with Crippen molar-refractivity contribution < 1.29 is 19.4 Å². The Morgan fingerprint density at radius 3 is 1.89 bits per heavy atom. The average Bonchev–Trinajstić information content (AvgIpc) is 2.93. The molecule has 3 aromatic rings. The molecule has 198 valence electrons. The van der Waals surface area contributed by atoms with E-state index < -0.39 is 5.97 Å². The van der Waals surface area contributed by atoms with E-state index in [9.17, 15) is 9.90 Å². The van der Waals surface area contributed by atoms with Crippen LogP contribution >= 0.6 is 0 Å². The maximum Gasteiger partial charge on any atom is 0.335 e. The predicted octanol–water partition coefficient (Wildman–Crippen LogP) is 9.27. The fraction of sp³-hybridized carbons (Fsp3) is 0.424. The Kier molecular flexibility index (Phi) is 11.5. The summed E-state index contributed by atoms with van der Waals surface area (Å²) in [5.74, 6) is 1.26. The molecule has 0 aliphatic rings. The van der Waals surface area contributed by atoms with E-state index in [2.05, 4.69) is 20.8 Å². The number of carboxylic acid groups (broad SMARTS) is 1. The fourth-order valence-corrected chi connectivity index (χ4v) is 4.23. The van der Waals surface area contributed by atoms with Crippen LogP contribution in [0.2, 0.25) is 0 Å². The number of rotatable bonds is 16. The van der Waals surface area contributed by atoms with Crippen molar-refractivity contribution in [3.63, 3.8) is 0 Å². The Morgan fingerprint density at radius 1 is 0.730 bits per heavy atom. The Morgan fingerprint density at radius 2 is 1.30 bits per heavy atom. The molecule has 1 N–H and O–H groups in total. The minimum atomic E-state index is -0.934. The first-order valence-electron chi connectivity index (χ1n) is 13.9. The first kappa shape index (κ1) is 28.3. The third-order valence-corrected chi connectivity index (χ3v) is 6.85. The van der Waals surface area contributed by atoms with Crippen LogP contribution in [0.5, 0.6) is 11.5 Å². The molecule has 1 unspecified atom stereocenters. The number of aromatic carboxylic acids is 1. The lowest BCUT2D eigenvalue weighted by Gasteiger charge is -2.14. The lowest BCUT2D eigenvalue weighted by molar-refractivity contribution is 0.0697. The molecule has 4 heteroatoms. The van der Waals surface area contributed by atoms with Crippen LogP contribution < -0.4 is 9.47 Å². The molecule has 0 aliphatic carbocycles. The summed E-state index contributed by atoms with van der Waals surface area (Å²) in [5.41, 5.74) is 4.11. The van der Waals surface area contributed by atoms with Crippen molar-refractivity contribution in [3.8, 4) is 33.8 Å². The van der Waals surface area contributed by atoms with Crippen LogP contribution in [-0.2, 0) is 0 Å². The molecule has 0 fully saturated rings. The standard InChI is InChI=1S/C33H42O4/c1-4-6-7-8-9-10-11-22-36-29-17-14-27(15-18-29)32-23-28(33(34)35)16-21-31(32)26-12-19-30(20-13-26)37-24-25(3)5-2/h12-21,23,25H,4-11,22,24H2,1-3H3,(H,34,35). The van der Waals surface area contributed by atoms with Gasteiger partial charge in [0.2, 0.25) is 0 Å². The number of benzene rings is 3. The van der Waals surface area contributed by atoms with Crippen molar-refractivity contribution >= 4 is 5.97 Å². The topological polar surface area (TPSA) is 55.8 Å². The SMILES string of the molecule is CCCCCCCCCOc1ccc(-c2cc(C(=O)O)ccc2-c2ccc(OCC(C)CC)cc2)cc1. The number of carbonyl (C=O) groups is 1. The summed E-state index contributed by atoms with van der Waals surface area (Å²) in [6.45, 7) is 8.00. The summed E-state index contributed by atoms with van der Waals surface area (Å²) in [6.07, 6.45) is 9.88. The number of hydrogen-bond donors (Lipinski definition) is 1. The van der Waals surface area contributed by atoms with Gasteiger partial charge < -0.3 is 14.6 Å². The zero-order valence-electron chi connectivity index (χ0n) is 22.7. The first-order chi connectivity index (χ1) is 18.0. The Bertz CT molecular complexity index is 1090. The molecule has 0 radical (unpaired) electrons. The van der Waals surface area contributed by atoms with Gasteiger partial charge in [0.05, 0.1) is 18.8 Å². The largest absolute Gasteiger partial charge is 0.494 e. The molecular formula is C33H42O4. The molecule has 0 aliphatic heterocycles. The molecule has 1 atom stereocenters. The highest BCUT2D eigenvalue weighted by Crippen LogP contribution is 2.35. The van der Waals surface area contributed by atoms with Gasteiger partial charge in [-0.25, -0.2) is 4.79 Å². The molecule has 0 spiro atoms. The van der Waals surface area contributed by atoms with Crippen LogP contribution in [0, 0.1) is 5.92 Å². The van der Waals surface area contributed by atoms with Gasteiger partial charge in [0.1, 0.15) is 11.5 Å². The second kappa shape index (κ2) is 15.1. The van der Waals surface area contributed by atoms with E-state index in [-0.39, 0.29) is 5.56 Å². The van der Waals surface area contributed by atoms with Crippen molar-refractivity contribution in [1.82, 2.24) is 0 Å². The normalized spacial score (nSPS) is 11.8. The monoisotopic (exact) mass is 502 g/mol. The summed E-state index contributed by atoms with van der Waals surface area (Å²) in [7, 11) is 0. The molecule has 3 aromatic carbocycles. The molecule has 4 nitrogen and oxygen atoms in total. The van der Waals surface area contributed by atoms with Crippen LogP contribution in [0.15, 0.2) is 66.7 Å². The predicted molar refractivity (Wildman–Crippen MR) is 153 cm³/mol. The van der Waals surface area contributed by atoms with Gasteiger partial charge in [-0.1, -0.05) is 96.0 Å². The van der Waals surface area contributed by atoms with Crippen LogP contribution in [0.4, 0.5) is 0 Å². The Hall–Kier alpha value is -3.27. The molecule has 3 rings (SSSR count). The van der Waals surface area contributed by atoms with Crippen molar-refractivity contribution in [3.05, 3.63) is 72.3 Å². The highest BCUT2D eigenvalue weighted by atomic mass is 16.5. The minimum absolute atomic E-state index is 0.270. The second-order valence-corrected chi connectivity index (χ2v) is 9.91. The third-order valence-electron chi connectivity index (χ3n) is 6.85. The zero-order valence-corrected chi connectivity index (χ0v) is 22.7. The lowest BCUT2D eigenvalue weighted by atomic mass is 9.92. The second-order valence-electron chi connectivity index (χ2n) is 9.91. The highest BCUT2D eigenvalue weighted by molar-refractivity contribution is 5.93. The third kappa shape index (κ3) is 8.96. The minimum Gasteiger partial charge on any atom is -0.494 e. The number of hydrogen-bond acceptors (Lipinski definition) is 3. The first-order valence-corrected chi connectivity index (χ1v) is 13.9. The van der Waals surface area contributed by atoms with E-state index in [0.29, 0.717) is 12.5 Å². The molecule has 0 saturated heterocycles. The van der Waals surface area contributed by atoms with Crippen molar-refractivity contribution in [2.75, 3.05) is 13.2 Å². The molecule has 37 heavy (non-hydrogen) atoms. The van der Waals surface area contributed by atoms with Crippen molar-refractivity contribution in [2.45, 2.75) is 72.1 Å². The summed E-state index contributed by atoms with van der Waals surface area (Å²) < 4.78 is 11.9. The molecule has 0 bridgehead atoms. The lowest BCUT2D eigenvalue weighted by Crippen LogP contribution is -2.07. The fourth-order valence-electron chi connectivity index (χ4n) is 4.23. The van der Waals surface area contributed by atoms with E-state index in [4.69, 9.17) is 9.47 Å². The average molecular weight is 503 g/mol. The molecule has 0 saturated carbocycles. The highest BCUT2D eigenvalue weighted by Gasteiger charge is 2.13. The van der Waals surface area contributed by atoms with Gasteiger partial charge in [-0.15, -0.1) is 0 Å². The maximum absolute atomic E-state index is 11.7. The van der Waals surface area contributed by atoms with E-state index in [1.54, 1.807) is 12.1 Å². The summed E-state index contributed by atoms with van der Waals surface area (Å²) in [6, 6.07) is 21.3. The van der Waals surface area contributed by atoms with Crippen molar-refractivity contribution in [1.29, 1.82) is 0 Å². The van der Waals surface area contributed by atoms with Gasteiger partial charge in [-0.05, 0) is 71.0 Å². The molecule has 0 amide bonds. The molecule has 0 heterocycles. The van der Waals surface area contributed by atoms with Gasteiger partial charge in [-0.3, -0.25) is 0 Å². The number of ether oxygens (including phenoxy) is 2. The van der Waals surface area contributed by atoms with E-state index in [0.717, 1.165) is 53.2 Å². The van der Waals surface area contributed by atoms with Crippen molar-refractivity contribution in [2.24, 2.45) is 5.92 Å². The van der Waals surface area contributed by atoms with E-state index >= 15 is 0 Å². The van der Waals surface area contributed by atoms with Crippen LogP contribution in [-0.4, -0.2) is 24.3 Å². The zero-order chi connectivity index (χ0) is 26.5. The van der Waals surface area contributed by atoms with Crippen LogP contribution in [0.1, 0.15) is 82.5 Å². The van der Waals surface area contributed by atoms with Gasteiger partial charge in [0, 0.05) is 0 Å². The Labute approximate surface area is 222 Å². The number of unbranched alkanes of at least 4 members (excludes halogenated alkanes) is 6. The van der Waals surface area contributed by atoms with Gasteiger partial charge >= 0.3 is 5.97 Å². The summed E-state index contributed by atoms with van der Waals surface area (Å²) >= 11 is 0. The van der Waals surface area contributed by atoms with Crippen LogP contribution in [0.3, 0.4) is 0 Å². The Balaban J connectivity index is 1.69. The molecule has 0 aromatic heterocycles. The summed E-state index contributed by atoms with van der Waals surface area (Å²) in [5, 5.41) is 9.59. The van der Waals surface area contributed by atoms with Gasteiger partial charge in [-0.2, -0.15) is 0 Å². The van der Waals surface area contributed by atoms with Gasteiger partial charge in [0.25, 0.3) is 0 Å². The quantitative estimate of drug-likeness (QED) is 0.198. The van der Waals surface area contributed by atoms with Crippen LogP contribution in [0.25, 0.3) is 22.3 Å². The molecular weight excluding hydrogens is 460 g/mol. The smallest absolute Gasteiger partial charge is 0.335 e. The van der Waals surface area contributed by atoms with E-state index in [1.165, 1.54) is 38.5 Å². The van der Waals surface area contributed by atoms with E-state index in [1.807, 2.05) is 54.6 Å². The van der Waals surface area contributed by atoms with Gasteiger partial charge in [0.15, 0.2) is 0 Å².